The Hall–Kier alpha value is -4.05. The number of carbonyl (C=O) groups excluding carboxylic acids is 1. The van der Waals surface area contributed by atoms with Crippen LogP contribution in [0.25, 0.3) is 17.0 Å². The number of benzene rings is 2. The normalized spacial score (nSPS) is 11.9. The number of anilines is 2. The van der Waals surface area contributed by atoms with Gasteiger partial charge in [-0.3, -0.25) is 4.79 Å². The molecule has 0 radical (unpaired) electrons. The number of hydrogen-bond donors (Lipinski definition) is 1. The van der Waals surface area contributed by atoms with Crippen LogP contribution in [0.15, 0.2) is 48.5 Å². The van der Waals surface area contributed by atoms with Crippen molar-refractivity contribution in [3.8, 4) is 17.3 Å². The fourth-order valence-electron chi connectivity index (χ4n) is 3.25. The van der Waals surface area contributed by atoms with Crippen LogP contribution in [0.4, 0.5) is 11.6 Å². The molecule has 27 heavy (non-hydrogen) atoms. The third-order valence-corrected chi connectivity index (χ3v) is 4.55. The molecule has 2 aromatic heterocycles. The Balaban J connectivity index is 1.68. The maximum Gasteiger partial charge on any atom is 0.255 e. The first kappa shape index (κ1) is 15.2. The van der Waals surface area contributed by atoms with E-state index in [1.165, 1.54) is 4.52 Å². The van der Waals surface area contributed by atoms with Gasteiger partial charge in [0, 0.05) is 16.8 Å². The van der Waals surface area contributed by atoms with E-state index in [-0.39, 0.29) is 22.8 Å². The Morgan fingerprint density at radius 2 is 1.78 bits per heavy atom. The van der Waals surface area contributed by atoms with Gasteiger partial charge in [-0.15, -0.1) is 5.10 Å². The third-order valence-electron chi connectivity index (χ3n) is 4.55. The second-order valence-corrected chi connectivity index (χ2v) is 6.31. The lowest BCUT2D eigenvalue weighted by molar-refractivity contribution is 0.104. The van der Waals surface area contributed by atoms with Crippen molar-refractivity contribution in [3.63, 3.8) is 0 Å². The lowest BCUT2D eigenvalue weighted by Crippen LogP contribution is -2.07. The van der Waals surface area contributed by atoms with E-state index in [9.17, 15) is 10.1 Å². The molecule has 7 heteroatoms. The van der Waals surface area contributed by atoms with E-state index in [1.807, 2.05) is 43.3 Å². The molecule has 0 atom stereocenters. The van der Waals surface area contributed by atoms with Gasteiger partial charge in [-0.05, 0) is 19.1 Å². The fraction of sp³-hybridized carbons (Fsp3) is 0.0500. The molecule has 2 heterocycles. The molecule has 0 unspecified atom stereocenters. The van der Waals surface area contributed by atoms with Crippen LogP contribution in [-0.2, 0) is 0 Å². The zero-order valence-electron chi connectivity index (χ0n) is 14.3. The molecule has 0 saturated heterocycles. The molecule has 128 valence electrons. The van der Waals surface area contributed by atoms with E-state index in [4.69, 9.17) is 0 Å². The van der Waals surface area contributed by atoms with Crippen LogP contribution in [0, 0.1) is 18.3 Å². The van der Waals surface area contributed by atoms with Crippen LogP contribution in [0.1, 0.15) is 27.2 Å². The number of nitriles is 1. The van der Waals surface area contributed by atoms with Crippen LogP contribution >= 0.6 is 0 Å². The van der Waals surface area contributed by atoms with Gasteiger partial charge < -0.3 is 5.32 Å². The van der Waals surface area contributed by atoms with Gasteiger partial charge in [0.05, 0.1) is 11.3 Å². The summed E-state index contributed by atoms with van der Waals surface area (Å²) in [7, 11) is 0. The average Bonchev–Trinajstić information content (AvgIpc) is 3.21. The summed E-state index contributed by atoms with van der Waals surface area (Å²) in [4.78, 5) is 21.7. The molecule has 5 rings (SSSR count). The van der Waals surface area contributed by atoms with Crippen molar-refractivity contribution in [1.82, 2.24) is 19.6 Å². The first-order valence-electron chi connectivity index (χ1n) is 8.34. The molecule has 1 N–H and O–H groups in total. The number of carbonyl (C=O) groups is 1. The summed E-state index contributed by atoms with van der Waals surface area (Å²) in [6.07, 6.45) is 0. The van der Waals surface area contributed by atoms with E-state index in [2.05, 4.69) is 26.5 Å². The number of aromatic nitrogens is 4. The number of nitrogens with zero attached hydrogens (tertiary/aromatic N) is 5. The minimum Gasteiger partial charge on any atom is -0.323 e. The lowest BCUT2D eigenvalue weighted by Gasteiger charge is -2.02. The number of aryl methyl sites for hydroxylation is 1. The monoisotopic (exact) mass is 352 g/mol. The van der Waals surface area contributed by atoms with Crippen LogP contribution in [-0.4, -0.2) is 25.4 Å². The van der Waals surface area contributed by atoms with Crippen molar-refractivity contribution < 1.29 is 4.79 Å². The molecular weight excluding hydrogens is 340 g/mol. The summed E-state index contributed by atoms with van der Waals surface area (Å²) >= 11 is 0. The van der Waals surface area contributed by atoms with Crippen LogP contribution < -0.4 is 5.32 Å². The number of fused-ring (bicyclic) bond motifs is 4. The number of nitrogens with one attached hydrogen (secondary N) is 1. The highest BCUT2D eigenvalue weighted by molar-refractivity contribution is 6.22. The standard InChI is InChI=1S/C20H12N6O/c1-11-6-8-12(9-7-11)22-19-24-20-23-17-13-4-2-3-5-14(13)18(27)16(17)15(10-21)26(20)25-19/h2-9H,1H3,(H,22,25). The Morgan fingerprint density at radius 1 is 1.04 bits per heavy atom. The molecule has 0 bridgehead atoms. The van der Waals surface area contributed by atoms with Crippen LogP contribution in [0.3, 0.4) is 0 Å². The highest BCUT2D eigenvalue weighted by Crippen LogP contribution is 2.36. The highest BCUT2D eigenvalue weighted by Gasteiger charge is 2.33. The molecule has 0 fully saturated rings. The maximum atomic E-state index is 12.8. The lowest BCUT2D eigenvalue weighted by atomic mass is 10.1. The summed E-state index contributed by atoms with van der Waals surface area (Å²) in [5.41, 5.74) is 4.12. The molecule has 7 nitrogen and oxygen atoms in total. The van der Waals surface area contributed by atoms with E-state index < -0.39 is 0 Å². The van der Waals surface area contributed by atoms with Gasteiger partial charge in [0.1, 0.15) is 6.07 Å². The first-order chi connectivity index (χ1) is 13.2. The molecule has 2 aromatic carbocycles. The van der Waals surface area contributed by atoms with E-state index in [0.29, 0.717) is 22.8 Å². The van der Waals surface area contributed by atoms with Gasteiger partial charge in [-0.1, -0.05) is 42.0 Å². The zero-order chi connectivity index (χ0) is 18.5. The van der Waals surface area contributed by atoms with Crippen molar-refractivity contribution in [2.45, 2.75) is 6.92 Å². The van der Waals surface area contributed by atoms with Gasteiger partial charge in [0.25, 0.3) is 5.78 Å². The average molecular weight is 352 g/mol. The predicted octanol–water partition coefficient (Wildman–Crippen LogP) is 3.26. The van der Waals surface area contributed by atoms with Gasteiger partial charge in [0.15, 0.2) is 11.5 Å². The highest BCUT2D eigenvalue weighted by atomic mass is 16.1. The topological polar surface area (TPSA) is 96.0 Å². The van der Waals surface area contributed by atoms with Crippen LogP contribution in [0.2, 0.25) is 0 Å². The van der Waals surface area contributed by atoms with E-state index in [0.717, 1.165) is 11.3 Å². The van der Waals surface area contributed by atoms with Gasteiger partial charge in [-0.25, -0.2) is 4.98 Å². The summed E-state index contributed by atoms with van der Waals surface area (Å²) < 4.78 is 1.32. The van der Waals surface area contributed by atoms with Gasteiger partial charge in [0.2, 0.25) is 5.95 Å². The van der Waals surface area contributed by atoms with Crippen molar-refractivity contribution in [2.75, 3.05) is 5.32 Å². The molecule has 0 saturated carbocycles. The number of hydrogen-bond acceptors (Lipinski definition) is 6. The van der Waals surface area contributed by atoms with E-state index in [1.54, 1.807) is 12.1 Å². The molecule has 0 aliphatic heterocycles. The third kappa shape index (κ3) is 2.20. The predicted molar refractivity (Wildman–Crippen MR) is 98.8 cm³/mol. The molecule has 1 aliphatic carbocycles. The molecular formula is C20H12N6O. The van der Waals surface area contributed by atoms with Gasteiger partial charge >= 0.3 is 0 Å². The molecule has 0 amide bonds. The zero-order valence-corrected chi connectivity index (χ0v) is 14.3. The molecule has 1 aliphatic rings. The molecule has 0 spiro atoms. The minimum absolute atomic E-state index is 0.139. The van der Waals surface area contributed by atoms with Crippen molar-refractivity contribution in [2.24, 2.45) is 0 Å². The summed E-state index contributed by atoms with van der Waals surface area (Å²) in [5, 5.41) is 17.1. The smallest absolute Gasteiger partial charge is 0.255 e. The fourth-order valence-corrected chi connectivity index (χ4v) is 3.25. The van der Waals surface area contributed by atoms with Crippen LogP contribution in [0.5, 0.6) is 0 Å². The second-order valence-electron chi connectivity index (χ2n) is 6.31. The Morgan fingerprint density at radius 3 is 2.52 bits per heavy atom. The quantitative estimate of drug-likeness (QED) is 0.524. The maximum absolute atomic E-state index is 12.8. The Kier molecular flexibility index (Phi) is 3.09. The second kappa shape index (κ2) is 5.47. The SMILES string of the molecule is Cc1ccc(Nc2nc3nc4c(c(C#N)n3n2)C(=O)c2ccccc2-4)cc1. The summed E-state index contributed by atoms with van der Waals surface area (Å²) in [6, 6.07) is 17.1. The molecule has 4 aromatic rings. The van der Waals surface area contributed by atoms with Crippen molar-refractivity contribution >= 4 is 23.2 Å². The van der Waals surface area contributed by atoms with Gasteiger partial charge in [-0.2, -0.15) is 14.8 Å². The Labute approximate surface area is 153 Å². The first-order valence-corrected chi connectivity index (χ1v) is 8.34. The summed E-state index contributed by atoms with van der Waals surface area (Å²) in [6.45, 7) is 2.01. The largest absolute Gasteiger partial charge is 0.323 e. The Bertz CT molecular complexity index is 1280. The van der Waals surface area contributed by atoms with Crippen molar-refractivity contribution in [1.29, 1.82) is 5.26 Å². The number of rotatable bonds is 2. The summed E-state index contributed by atoms with van der Waals surface area (Å²) in [5.74, 6) is 0.367. The van der Waals surface area contributed by atoms with E-state index >= 15 is 0 Å². The van der Waals surface area contributed by atoms with Crippen molar-refractivity contribution in [3.05, 3.63) is 70.9 Å². The minimum atomic E-state index is -0.213. The number of ketones is 1.